The standard InChI is InChI=1S/C46H88O4/c1-3-5-7-9-11-13-15-17-19-20-21-22-23-24-25-26-27-29-31-33-35-37-39-41-46(48)50-45(43-47)44-49-42-40-38-36-34-32-30-28-18-16-14-12-10-8-6-4-2/h10,12,16,18,45,47H,3-9,11,13-15,17,19-44H2,1-2H3/b12-10-,18-16-. The summed E-state index contributed by atoms with van der Waals surface area (Å²) in [5.74, 6) is -0.200. The van der Waals surface area contributed by atoms with Crippen LogP contribution < -0.4 is 0 Å². The first-order valence-corrected chi connectivity index (χ1v) is 22.4. The van der Waals surface area contributed by atoms with E-state index in [1.54, 1.807) is 0 Å². The molecule has 0 heterocycles. The van der Waals surface area contributed by atoms with Crippen molar-refractivity contribution in [1.82, 2.24) is 0 Å². The highest BCUT2D eigenvalue weighted by Crippen LogP contribution is 2.16. The number of carbonyl (C=O) groups is 1. The van der Waals surface area contributed by atoms with Gasteiger partial charge in [-0.2, -0.15) is 0 Å². The zero-order chi connectivity index (χ0) is 36.3. The van der Waals surface area contributed by atoms with Gasteiger partial charge in [0.05, 0.1) is 13.2 Å². The van der Waals surface area contributed by atoms with Gasteiger partial charge in [0.1, 0.15) is 6.10 Å². The van der Waals surface area contributed by atoms with Crippen molar-refractivity contribution in [2.75, 3.05) is 19.8 Å². The van der Waals surface area contributed by atoms with Gasteiger partial charge in [-0.1, -0.05) is 218 Å². The Morgan fingerprint density at radius 2 is 0.860 bits per heavy atom. The van der Waals surface area contributed by atoms with Crippen LogP contribution in [0.5, 0.6) is 0 Å². The fourth-order valence-corrected chi connectivity index (χ4v) is 6.64. The Morgan fingerprint density at radius 3 is 1.30 bits per heavy atom. The molecular formula is C46H88O4. The summed E-state index contributed by atoms with van der Waals surface area (Å²) < 4.78 is 11.2. The highest BCUT2D eigenvalue weighted by molar-refractivity contribution is 5.69. The van der Waals surface area contributed by atoms with Gasteiger partial charge in [0.25, 0.3) is 0 Å². The number of aliphatic hydroxyl groups is 1. The number of hydrogen-bond acceptors (Lipinski definition) is 4. The van der Waals surface area contributed by atoms with Gasteiger partial charge in [-0.3, -0.25) is 4.79 Å². The van der Waals surface area contributed by atoms with Crippen molar-refractivity contribution in [2.24, 2.45) is 0 Å². The molecule has 0 aromatic carbocycles. The van der Waals surface area contributed by atoms with Gasteiger partial charge < -0.3 is 14.6 Å². The molecule has 0 amide bonds. The average Bonchev–Trinajstić information content (AvgIpc) is 3.12. The van der Waals surface area contributed by atoms with E-state index in [4.69, 9.17) is 9.47 Å². The van der Waals surface area contributed by atoms with Crippen LogP contribution in [0.25, 0.3) is 0 Å². The molecule has 1 N–H and O–H groups in total. The van der Waals surface area contributed by atoms with Crippen LogP contribution in [-0.4, -0.2) is 37.0 Å². The largest absolute Gasteiger partial charge is 0.457 e. The lowest BCUT2D eigenvalue weighted by Crippen LogP contribution is -2.27. The first kappa shape index (κ1) is 48.9. The third-order valence-electron chi connectivity index (χ3n) is 10.0. The Labute approximate surface area is 313 Å². The summed E-state index contributed by atoms with van der Waals surface area (Å²) in [5, 5.41) is 9.60. The summed E-state index contributed by atoms with van der Waals surface area (Å²) >= 11 is 0. The molecule has 4 heteroatoms. The molecule has 296 valence electrons. The normalized spacial score (nSPS) is 12.5. The number of ether oxygens (including phenoxy) is 2. The van der Waals surface area contributed by atoms with E-state index in [0.717, 1.165) is 25.7 Å². The maximum atomic E-state index is 12.2. The Bertz CT molecular complexity index is 702. The Hall–Kier alpha value is -1.13. The highest BCUT2D eigenvalue weighted by atomic mass is 16.6. The number of allylic oxidation sites excluding steroid dienone is 4. The first-order valence-electron chi connectivity index (χ1n) is 22.4. The minimum Gasteiger partial charge on any atom is -0.457 e. The lowest BCUT2D eigenvalue weighted by atomic mass is 10.0. The number of hydrogen-bond donors (Lipinski definition) is 1. The predicted octanol–water partition coefficient (Wildman–Crippen LogP) is 14.7. The molecule has 1 atom stereocenters. The molecule has 0 spiro atoms. The van der Waals surface area contributed by atoms with Crippen molar-refractivity contribution >= 4 is 5.97 Å². The topological polar surface area (TPSA) is 55.8 Å². The van der Waals surface area contributed by atoms with Crippen molar-refractivity contribution in [1.29, 1.82) is 0 Å². The third-order valence-corrected chi connectivity index (χ3v) is 10.0. The molecule has 0 aliphatic heterocycles. The molecule has 0 aromatic heterocycles. The second-order valence-electron chi connectivity index (χ2n) is 15.1. The minimum atomic E-state index is -0.535. The van der Waals surface area contributed by atoms with Crippen LogP contribution in [0.1, 0.15) is 239 Å². The molecule has 50 heavy (non-hydrogen) atoms. The SMILES string of the molecule is CCCC/C=C\C/C=C\CCCCCCCCOCC(CO)OC(=O)CCCCCCCCCCCCCCCCCCCCCCCCC. The number of aliphatic hydroxyl groups excluding tert-OH is 1. The molecular weight excluding hydrogens is 617 g/mol. The van der Waals surface area contributed by atoms with Gasteiger partial charge >= 0.3 is 5.97 Å². The molecule has 4 nitrogen and oxygen atoms in total. The lowest BCUT2D eigenvalue weighted by molar-refractivity contribution is -0.154. The average molecular weight is 705 g/mol. The molecule has 1 unspecified atom stereocenters. The zero-order valence-corrected chi connectivity index (χ0v) is 33.9. The first-order chi connectivity index (χ1) is 24.7. The van der Waals surface area contributed by atoms with Gasteiger partial charge in [0.2, 0.25) is 0 Å². The number of rotatable bonds is 42. The fraction of sp³-hybridized carbons (Fsp3) is 0.891. The van der Waals surface area contributed by atoms with Crippen LogP contribution in [0.2, 0.25) is 0 Å². The molecule has 0 rings (SSSR count). The van der Waals surface area contributed by atoms with E-state index in [-0.39, 0.29) is 12.6 Å². The maximum Gasteiger partial charge on any atom is 0.306 e. The smallest absolute Gasteiger partial charge is 0.306 e. The second kappa shape index (κ2) is 44.0. The van der Waals surface area contributed by atoms with Crippen LogP contribution in [0, 0.1) is 0 Å². The molecule has 0 fully saturated rings. The van der Waals surface area contributed by atoms with Crippen molar-refractivity contribution in [3.8, 4) is 0 Å². The molecule has 0 radical (unpaired) electrons. The van der Waals surface area contributed by atoms with E-state index in [0.29, 0.717) is 19.6 Å². The third kappa shape index (κ3) is 41.3. The molecule has 0 aliphatic carbocycles. The predicted molar refractivity (Wildman–Crippen MR) is 219 cm³/mol. The van der Waals surface area contributed by atoms with E-state index in [9.17, 15) is 9.90 Å². The van der Waals surface area contributed by atoms with Crippen LogP contribution in [0.3, 0.4) is 0 Å². The summed E-state index contributed by atoms with van der Waals surface area (Å²) in [6, 6.07) is 0. The molecule has 0 saturated heterocycles. The Balaban J connectivity index is 3.37. The molecule has 0 saturated carbocycles. The summed E-state index contributed by atoms with van der Waals surface area (Å²) in [7, 11) is 0. The summed E-state index contributed by atoms with van der Waals surface area (Å²) in [6.45, 7) is 5.32. The fourth-order valence-electron chi connectivity index (χ4n) is 6.64. The van der Waals surface area contributed by atoms with Crippen molar-refractivity contribution < 1.29 is 19.4 Å². The number of unbranched alkanes of at least 4 members (excludes halogenated alkanes) is 30. The quantitative estimate of drug-likeness (QED) is 0.0390. The van der Waals surface area contributed by atoms with Crippen molar-refractivity contribution in [3.05, 3.63) is 24.3 Å². The van der Waals surface area contributed by atoms with E-state index < -0.39 is 6.10 Å². The molecule has 0 aromatic rings. The Kier molecular flexibility index (Phi) is 43.0. The van der Waals surface area contributed by atoms with Crippen LogP contribution in [0.15, 0.2) is 24.3 Å². The second-order valence-corrected chi connectivity index (χ2v) is 15.1. The zero-order valence-electron chi connectivity index (χ0n) is 33.9. The summed E-state index contributed by atoms with van der Waals surface area (Å²) in [4.78, 5) is 12.2. The summed E-state index contributed by atoms with van der Waals surface area (Å²) in [5.41, 5.74) is 0. The van der Waals surface area contributed by atoms with E-state index >= 15 is 0 Å². The van der Waals surface area contributed by atoms with Gasteiger partial charge in [0, 0.05) is 13.0 Å². The van der Waals surface area contributed by atoms with Crippen LogP contribution in [-0.2, 0) is 14.3 Å². The van der Waals surface area contributed by atoms with E-state index in [1.165, 1.54) is 193 Å². The van der Waals surface area contributed by atoms with Gasteiger partial charge in [-0.25, -0.2) is 0 Å². The maximum absolute atomic E-state index is 12.2. The monoisotopic (exact) mass is 705 g/mol. The van der Waals surface area contributed by atoms with Crippen LogP contribution >= 0.6 is 0 Å². The van der Waals surface area contributed by atoms with Crippen molar-refractivity contribution in [2.45, 2.75) is 245 Å². The van der Waals surface area contributed by atoms with E-state index in [1.807, 2.05) is 0 Å². The van der Waals surface area contributed by atoms with E-state index in [2.05, 4.69) is 38.2 Å². The number of esters is 1. The van der Waals surface area contributed by atoms with Gasteiger partial charge in [0.15, 0.2) is 0 Å². The van der Waals surface area contributed by atoms with Crippen molar-refractivity contribution in [3.63, 3.8) is 0 Å². The summed E-state index contributed by atoms with van der Waals surface area (Å²) in [6.07, 6.45) is 53.9. The Morgan fingerprint density at radius 1 is 0.480 bits per heavy atom. The number of carbonyl (C=O) groups excluding carboxylic acids is 1. The van der Waals surface area contributed by atoms with Gasteiger partial charge in [-0.15, -0.1) is 0 Å². The van der Waals surface area contributed by atoms with Gasteiger partial charge in [-0.05, 0) is 38.5 Å². The van der Waals surface area contributed by atoms with Crippen LogP contribution in [0.4, 0.5) is 0 Å². The lowest BCUT2D eigenvalue weighted by Gasteiger charge is -2.15. The molecule has 0 aliphatic rings. The molecule has 0 bridgehead atoms. The highest BCUT2D eigenvalue weighted by Gasteiger charge is 2.13. The minimum absolute atomic E-state index is 0.172.